The smallest absolute Gasteiger partial charge is 0.296 e. The molecule has 0 radical (unpaired) electrons. The average Bonchev–Trinajstić information content (AvgIpc) is 3.20. The van der Waals surface area contributed by atoms with E-state index in [4.69, 9.17) is 0 Å². The fraction of sp³-hybridized carbons (Fsp3) is 0. The Bertz CT molecular complexity index is 1040. The minimum Gasteiger partial charge on any atom is -0.360 e. The van der Waals surface area contributed by atoms with Gasteiger partial charge in [-0.25, -0.2) is 4.52 Å². The molecular weight excluding hydrogens is 292 g/mol. The van der Waals surface area contributed by atoms with E-state index in [2.05, 4.69) is 15.4 Å². The Morgan fingerprint density at radius 1 is 1.13 bits per heavy atom. The molecule has 0 aliphatic rings. The van der Waals surface area contributed by atoms with E-state index in [0.717, 1.165) is 16.4 Å². The van der Waals surface area contributed by atoms with E-state index < -0.39 is 11.7 Å². The Morgan fingerprint density at radius 2 is 2.00 bits per heavy atom. The lowest BCUT2D eigenvalue weighted by atomic mass is 10.1. The highest BCUT2D eigenvalue weighted by atomic mass is 16.2. The van der Waals surface area contributed by atoms with Gasteiger partial charge in [-0.1, -0.05) is 18.2 Å². The normalized spacial score (nSPS) is 11.0. The number of fused-ring (bicyclic) bond motifs is 2. The maximum absolute atomic E-state index is 12.4. The van der Waals surface area contributed by atoms with Gasteiger partial charge in [0.25, 0.3) is 11.7 Å². The SMILES string of the molecule is O=C(Nc1ccn2nccc2c1)C(=O)c1c[nH]c2ccccc12. The molecule has 0 aliphatic heterocycles. The number of carbonyl (C=O) groups is 2. The van der Waals surface area contributed by atoms with Crippen molar-refractivity contribution in [1.82, 2.24) is 14.6 Å². The largest absolute Gasteiger partial charge is 0.360 e. The van der Waals surface area contributed by atoms with Gasteiger partial charge in [0, 0.05) is 35.2 Å². The lowest BCUT2D eigenvalue weighted by Crippen LogP contribution is -2.22. The van der Waals surface area contributed by atoms with Gasteiger partial charge in [-0.3, -0.25) is 9.59 Å². The van der Waals surface area contributed by atoms with Crippen LogP contribution in [0.4, 0.5) is 5.69 Å². The summed E-state index contributed by atoms with van der Waals surface area (Å²) >= 11 is 0. The number of ketones is 1. The second kappa shape index (κ2) is 5.10. The minimum absolute atomic E-state index is 0.364. The number of hydrogen-bond acceptors (Lipinski definition) is 3. The molecule has 0 unspecified atom stereocenters. The van der Waals surface area contributed by atoms with E-state index in [9.17, 15) is 9.59 Å². The van der Waals surface area contributed by atoms with Gasteiger partial charge in [0.15, 0.2) is 0 Å². The molecule has 23 heavy (non-hydrogen) atoms. The molecule has 0 saturated heterocycles. The van der Waals surface area contributed by atoms with Gasteiger partial charge in [-0.05, 0) is 24.3 Å². The number of para-hydroxylation sites is 1. The van der Waals surface area contributed by atoms with Crippen molar-refractivity contribution in [2.24, 2.45) is 0 Å². The highest BCUT2D eigenvalue weighted by Crippen LogP contribution is 2.19. The molecule has 0 spiro atoms. The summed E-state index contributed by atoms with van der Waals surface area (Å²) in [5, 5.41) is 7.45. The second-order valence-corrected chi connectivity index (χ2v) is 5.15. The first-order chi connectivity index (χ1) is 11.2. The number of benzene rings is 1. The lowest BCUT2D eigenvalue weighted by Gasteiger charge is -2.04. The first kappa shape index (κ1) is 13.3. The van der Waals surface area contributed by atoms with Crippen LogP contribution in [0, 0.1) is 0 Å². The molecule has 0 saturated carbocycles. The second-order valence-electron chi connectivity index (χ2n) is 5.15. The Labute approximate surface area is 130 Å². The predicted molar refractivity (Wildman–Crippen MR) is 86.5 cm³/mol. The van der Waals surface area contributed by atoms with Crippen LogP contribution < -0.4 is 5.32 Å². The summed E-state index contributed by atoms with van der Waals surface area (Å²) in [6, 6.07) is 12.6. The number of aromatic nitrogens is 3. The van der Waals surface area contributed by atoms with Gasteiger partial charge in [0.05, 0.1) is 11.1 Å². The number of rotatable bonds is 3. The molecule has 0 bridgehead atoms. The molecule has 1 aromatic carbocycles. The highest BCUT2D eigenvalue weighted by Gasteiger charge is 2.20. The van der Waals surface area contributed by atoms with Crippen LogP contribution in [0.15, 0.2) is 61.1 Å². The van der Waals surface area contributed by atoms with Crippen LogP contribution in [0.5, 0.6) is 0 Å². The number of aromatic amines is 1. The number of hydrogen-bond donors (Lipinski definition) is 2. The number of amides is 1. The fourth-order valence-corrected chi connectivity index (χ4v) is 2.57. The van der Waals surface area contributed by atoms with E-state index in [0.29, 0.717) is 11.3 Å². The first-order valence-electron chi connectivity index (χ1n) is 7.07. The van der Waals surface area contributed by atoms with Crippen molar-refractivity contribution in [2.45, 2.75) is 0 Å². The number of pyridine rings is 1. The third-order valence-electron chi connectivity index (χ3n) is 3.70. The zero-order valence-electron chi connectivity index (χ0n) is 12.0. The summed E-state index contributed by atoms with van der Waals surface area (Å²) in [6.07, 6.45) is 4.95. The zero-order chi connectivity index (χ0) is 15.8. The lowest BCUT2D eigenvalue weighted by molar-refractivity contribution is -0.112. The predicted octanol–water partition coefficient (Wildman–Crippen LogP) is 2.64. The number of H-pyrrole nitrogens is 1. The van der Waals surface area contributed by atoms with Crippen LogP contribution >= 0.6 is 0 Å². The van der Waals surface area contributed by atoms with E-state index >= 15 is 0 Å². The molecule has 4 rings (SSSR count). The molecule has 2 N–H and O–H groups in total. The summed E-state index contributed by atoms with van der Waals surface area (Å²) in [5.74, 6) is -1.24. The summed E-state index contributed by atoms with van der Waals surface area (Å²) in [6.45, 7) is 0. The van der Waals surface area contributed by atoms with Crippen molar-refractivity contribution in [1.29, 1.82) is 0 Å². The third-order valence-corrected chi connectivity index (χ3v) is 3.70. The third kappa shape index (κ3) is 2.26. The van der Waals surface area contributed by atoms with Crippen LogP contribution in [0.2, 0.25) is 0 Å². The zero-order valence-corrected chi connectivity index (χ0v) is 12.0. The van der Waals surface area contributed by atoms with Crippen molar-refractivity contribution in [2.75, 3.05) is 5.32 Å². The highest BCUT2D eigenvalue weighted by molar-refractivity contribution is 6.48. The van der Waals surface area contributed by atoms with Gasteiger partial charge >= 0.3 is 0 Å². The van der Waals surface area contributed by atoms with Gasteiger partial charge < -0.3 is 10.3 Å². The molecule has 6 nitrogen and oxygen atoms in total. The van der Waals surface area contributed by atoms with Crippen LogP contribution in [-0.4, -0.2) is 26.3 Å². The number of anilines is 1. The summed E-state index contributed by atoms with van der Waals surface area (Å²) in [4.78, 5) is 27.6. The maximum atomic E-state index is 12.4. The van der Waals surface area contributed by atoms with Crippen molar-refractivity contribution in [3.05, 3.63) is 66.6 Å². The Morgan fingerprint density at radius 3 is 2.91 bits per heavy atom. The monoisotopic (exact) mass is 304 g/mol. The molecule has 6 heteroatoms. The van der Waals surface area contributed by atoms with E-state index in [1.54, 1.807) is 35.2 Å². The van der Waals surface area contributed by atoms with Crippen LogP contribution in [-0.2, 0) is 4.79 Å². The molecule has 3 heterocycles. The molecule has 4 aromatic rings. The van der Waals surface area contributed by atoms with E-state index in [1.807, 2.05) is 30.3 Å². The molecule has 0 atom stereocenters. The summed E-state index contributed by atoms with van der Waals surface area (Å²) in [7, 11) is 0. The summed E-state index contributed by atoms with van der Waals surface area (Å²) in [5.41, 5.74) is 2.58. The van der Waals surface area contributed by atoms with Gasteiger partial charge in [-0.2, -0.15) is 5.10 Å². The first-order valence-corrected chi connectivity index (χ1v) is 7.07. The van der Waals surface area contributed by atoms with Crippen molar-refractivity contribution in [3.8, 4) is 0 Å². The van der Waals surface area contributed by atoms with Crippen LogP contribution in [0.25, 0.3) is 16.4 Å². The minimum atomic E-state index is -0.668. The number of carbonyl (C=O) groups excluding carboxylic acids is 2. The molecule has 0 fully saturated rings. The summed E-state index contributed by atoms with van der Waals surface area (Å²) < 4.78 is 1.68. The molecule has 112 valence electrons. The molecule has 1 amide bonds. The quantitative estimate of drug-likeness (QED) is 0.451. The van der Waals surface area contributed by atoms with Crippen LogP contribution in [0.1, 0.15) is 10.4 Å². The number of nitrogens with one attached hydrogen (secondary N) is 2. The van der Waals surface area contributed by atoms with E-state index in [1.165, 1.54) is 0 Å². The Balaban J connectivity index is 1.62. The number of nitrogens with zero attached hydrogens (tertiary/aromatic N) is 2. The Hall–Kier alpha value is -3.41. The van der Waals surface area contributed by atoms with Crippen molar-refractivity contribution < 1.29 is 9.59 Å². The molecule has 0 aliphatic carbocycles. The average molecular weight is 304 g/mol. The Kier molecular flexibility index (Phi) is 2.94. The fourth-order valence-electron chi connectivity index (χ4n) is 2.57. The van der Waals surface area contributed by atoms with Gasteiger partial charge in [0.1, 0.15) is 0 Å². The molecular formula is C17H12N4O2. The van der Waals surface area contributed by atoms with Gasteiger partial charge in [-0.15, -0.1) is 0 Å². The number of Topliss-reactive ketones (excluding diaryl/α,β-unsaturated/α-hetero) is 1. The maximum Gasteiger partial charge on any atom is 0.296 e. The van der Waals surface area contributed by atoms with E-state index in [-0.39, 0.29) is 0 Å². The van der Waals surface area contributed by atoms with Gasteiger partial charge in [0.2, 0.25) is 0 Å². The van der Waals surface area contributed by atoms with Crippen molar-refractivity contribution >= 4 is 33.8 Å². The standard InChI is InChI=1S/C17H12N4O2/c22-16(14-10-18-15-4-2-1-3-13(14)15)17(23)20-11-6-8-21-12(9-11)5-7-19-21/h1-10,18H,(H,20,23). The topological polar surface area (TPSA) is 79.3 Å². The molecule has 3 aromatic heterocycles. The van der Waals surface area contributed by atoms with Crippen LogP contribution in [0.3, 0.4) is 0 Å². The van der Waals surface area contributed by atoms with Crippen molar-refractivity contribution in [3.63, 3.8) is 0 Å².